The lowest BCUT2D eigenvalue weighted by Gasteiger charge is -2.11. The minimum Gasteiger partial charge on any atom is -0.333 e. The van der Waals surface area contributed by atoms with Crippen LogP contribution >= 0.6 is 0 Å². The summed E-state index contributed by atoms with van der Waals surface area (Å²) in [5.74, 6) is 0. The lowest BCUT2D eigenvalue weighted by molar-refractivity contribution is 0.604. The van der Waals surface area contributed by atoms with Gasteiger partial charge in [-0.1, -0.05) is 38.0 Å². The average Bonchev–Trinajstić information content (AvgIpc) is 2.85. The lowest BCUT2D eigenvalue weighted by Crippen LogP contribution is -2.21. The van der Waals surface area contributed by atoms with Gasteiger partial charge in [-0.15, -0.1) is 0 Å². The molecule has 3 aromatic rings. The Bertz CT molecular complexity index is 814. The first-order valence-electron chi connectivity index (χ1n) is 7.16. The fraction of sp³-hybridized carbons (Fsp3) is 0.375. The van der Waals surface area contributed by atoms with Crippen molar-refractivity contribution in [2.45, 2.75) is 32.7 Å². The van der Waals surface area contributed by atoms with Gasteiger partial charge in [0, 0.05) is 19.0 Å². The van der Waals surface area contributed by atoms with Crippen LogP contribution in [0.3, 0.4) is 0 Å². The molecule has 0 fully saturated rings. The Morgan fingerprint density at radius 2 is 2.00 bits per heavy atom. The van der Waals surface area contributed by atoms with Crippen LogP contribution < -0.4 is 5.56 Å². The number of imidazole rings is 1. The van der Waals surface area contributed by atoms with Crippen LogP contribution in [0, 0.1) is 0 Å². The second-order valence-corrected chi connectivity index (χ2v) is 5.23. The number of fused-ring (bicyclic) bond motifs is 3. The van der Waals surface area contributed by atoms with E-state index in [4.69, 9.17) is 0 Å². The third kappa shape index (κ3) is 1.92. The summed E-state index contributed by atoms with van der Waals surface area (Å²) in [6.07, 6.45) is 5.03. The third-order valence-electron chi connectivity index (χ3n) is 3.82. The molecular weight excluding hydrogens is 250 g/mol. The molecule has 2 heterocycles. The number of aryl methyl sites for hydroxylation is 2. The maximum Gasteiger partial charge on any atom is 0.279 e. The molecule has 0 aliphatic carbocycles. The van der Waals surface area contributed by atoms with Crippen molar-refractivity contribution in [2.75, 3.05) is 0 Å². The Balaban J connectivity index is 2.31. The topological polar surface area (TPSA) is 39.8 Å². The van der Waals surface area contributed by atoms with E-state index < -0.39 is 0 Å². The fourth-order valence-electron chi connectivity index (χ4n) is 2.79. The highest BCUT2D eigenvalue weighted by Gasteiger charge is 2.13. The van der Waals surface area contributed by atoms with Gasteiger partial charge in [0.2, 0.25) is 0 Å². The molecule has 0 amide bonds. The first kappa shape index (κ1) is 12.9. The van der Waals surface area contributed by atoms with Crippen molar-refractivity contribution in [1.82, 2.24) is 14.1 Å². The lowest BCUT2D eigenvalue weighted by atomic mass is 10.1. The number of para-hydroxylation sites is 1. The smallest absolute Gasteiger partial charge is 0.279 e. The molecule has 0 aliphatic rings. The molecule has 0 spiro atoms. The SMILES string of the molecule is CCCCCn1c(=O)c2ncn(C)c2c2ccccc21. The summed E-state index contributed by atoms with van der Waals surface area (Å²) in [6, 6.07) is 8.08. The highest BCUT2D eigenvalue weighted by molar-refractivity contribution is 6.02. The van der Waals surface area contributed by atoms with Gasteiger partial charge in [0.05, 0.1) is 17.4 Å². The van der Waals surface area contributed by atoms with Gasteiger partial charge in [0.1, 0.15) is 0 Å². The minimum atomic E-state index is 0.0235. The largest absolute Gasteiger partial charge is 0.333 e. The van der Waals surface area contributed by atoms with Crippen molar-refractivity contribution in [3.05, 3.63) is 40.9 Å². The molecule has 20 heavy (non-hydrogen) atoms. The zero-order chi connectivity index (χ0) is 14.1. The minimum absolute atomic E-state index is 0.0235. The van der Waals surface area contributed by atoms with Crippen LogP contribution in [-0.2, 0) is 13.6 Å². The molecule has 0 atom stereocenters. The van der Waals surface area contributed by atoms with E-state index in [0.717, 1.165) is 42.2 Å². The molecule has 0 aliphatic heterocycles. The van der Waals surface area contributed by atoms with Gasteiger partial charge in [0.25, 0.3) is 5.56 Å². The second-order valence-electron chi connectivity index (χ2n) is 5.23. The molecule has 0 N–H and O–H groups in total. The number of hydrogen-bond donors (Lipinski definition) is 0. The molecule has 0 radical (unpaired) electrons. The first-order valence-corrected chi connectivity index (χ1v) is 7.16. The standard InChI is InChI=1S/C16H19N3O/c1-3-4-7-10-19-13-9-6-5-8-12(13)15-14(16(19)20)17-11-18(15)2/h5-6,8-9,11H,3-4,7,10H2,1-2H3. The molecule has 3 rings (SSSR count). The summed E-state index contributed by atoms with van der Waals surface area (Å²) in [7, 11) is 1.93. The van der Waals surface area contributed by atoms with Crippen LogP contribution in [0.25, 0.3) is 21.9 Å². The highest BCUT2D eigenvalue weighted by Crippen LogP contribution is 2.21. The molecular formula is C16H19N3O. The Morgan fingerprint density at radius 1 is 1.20 bits per heavy atom. The molecule has 0 unspecified atom stereocenters. The van der Waals surface area contributed by atoms with Crippen molar-refractivity contribution in [2.24, 2.45) is 7.05 Å². The van der Waals surface area contributed by atoms with Crippen molar-refractivity contribution in [3.63, 3.8) is 0 Å². The van der Waals surface area contributed by atoms with Crippen LogP contribution in [0.2, 0.25) is 0 Å². The predicted molar refractivity (Wildman–Crippen MR) is 82.0 cm³/mol. The Labute approximate surface area is 117 Å². The van der Waals surface area contributed by atoms with Gasteiger partial charge >= 0.3 is 0 Å². The van der Waals surface area contributed by atoms with Crippen molar-refractivity contribution in [1.29, 1.82) is 0 Å². The van der Waals surface area contributed by atoms with E-state index in [1.807, 2.05) is 34.4 Å². The van der Waals surface area contributed by atoms with Crippen LogP contribution in [0.5, 0.6) is 0 Å². The van der Waals surface area contributed by atoms with Crippen molar-refractivity contribution < 1.29 is 0 Å². The summed E-state index contributed by atoms with van der Waals surface area (Å²) in [6.45, 7) is 2.93. The number of nitrogens with zero attached hydrogens (tertiary/aromatic N) is 3. The van der Waals surface area contributed by atoms with Gasteiger partial charge in [-0.2, -0.15) is 0 Å². The first-order chi connectivity index (χ1) is 9.74. The fourth-order valence-corrected chi connectivity index (χ4v) is 2.79. The van der Waals surface area contributed by atoms with E-state index in [1.54, 1.807) is 6.33 Å². The number of unbranched alkanes of at least 4 members (excludes halogenated alkanes) is 2. The van der Waals surface area contributed by atoms with Gasteiger partial charge in [-0.05, 0) is 12.5 Å². The molecule has 0 bridgehead atoms. The zero-order valence-corrected chi connectivity index (χ0v) is 12.0. The maximum absolute atomic E-state index is 12.6. The summed E-state index contributed by atoms with van der Waals surface area (Å²) in [5.41, 5.74) is 2.53. The Hall–Kier alpha value is -2.10. The van der Waals surface area contributed by atoms with Gasteiger partial charge in [-0.3, -0.25) is 4.79 Å². The Kier molecular flexibility index (Phi) is 3.30. The summed E-state index contributed by atoms with van der Waals surface area (Å²) in [5, 5.41) is 1.10. The normalized spacial score (nSPS) is 11.5. The van der Waals surface area contributed by atoms with Crippen LogP contribution in [-0.4, -0.2) is 14.1 Å². The molecule has 1 aromatic carbocycles. The van der Waals surface area contributed by atoms with Crippen molar-refractivity contribution in [3.8, 4) is 0 Å². The molecule has 0 saturated carbocycles. The number of benzene rings is 1. The summed E-state index contributed by atoms with van der Waals surface area (Å²) in [4.78, 5) is 16.9. The number of hydrogen-bond acceptors (Lipinski definition) is 2. The van der Waals surface area contributed by atoms with Crippen molar-refractivity contribution >= 4 is 21.9 Å². The molecule has 4 nitrogen and oxygen atoms in total. The number of pyridine rings is 1. The van der Waals surface area contributed by atoms with E-state index in [9.17, 15) is 4.79 Å². The second kappa shape index (κ2) is 5.12. The molecule has 2 aromatic heterocycles. The van der Waals surface area contributed by atoms with Gasteiger partial charge in [0.15, 0.2) is 5.52 Å². The van der Waals surface area contributed by atoms with E-state index in [2.05, 4.69) is 18.0 Å². The molecule has 104 valence electrons. The van der Waals surface area contributed by atoms with E-state index in [0.29, 0.717) is 5.52 Å². The predicted octanol–water partition coefficient (Wildman–Crippen LogP) is 3.08. The Morgan fingerprint density at radius 3 is 2.80 bits per heavy atom. The van der Waals surface area contributed by atoms with E-state index >= 15 is 0 Å². The van der Waals surface area contributed by atoms with E-state index in [1.165, 1.54) is 0 Å². The van der Waals surface area contributed by atoms with Crippen LogP contribution in [0.4, 0.5) is 0 Å². The van der Waals surface area contributed by atoms with Crippen LogP contribution in [0.1, 0.15) is 26.2 Å². The molecule has 4 heteroatoms. The maximum atomic E-state index is 12.6. The summed E-state index contributed by atoms with van der Waals surface area (Å²) >= 11 is 0. The average molecular weight is 269 g/mol. The summed E-state index contributed by atoms with van der Waals surface area (Å²) < 4.78 is 3.80. The highest BCUT2D eigenvalue weighted by atomic mass is 16.1. The van der Waals surface area contributed by atoms with Gasteiger partial charge < -0.3 is 9.13 Å². The van der Waals surface area contributed by atoms with Crippen LogP contribution in [0.15, 0.2) is 35.4 Å². The molecule has 0 saturated heterocycles. The van der Waals surface area contributed by atoms with E-state index in [-0.39, 0.29) is 5.56 Å². The number of aromatic nitrogens is 3. The third-order valence-corrected chi connectivity index (χ3v) is 3.82. The van der Waals surface area contributed by atoms with Gasteiger partial charge in [-0.25, -0.2) is 4.98 Å². The zero-order valence-electron chi connectivity index (χ0n) is 12.0. The quantitative estimate of drug-likeness (QED) is 0.683. The monoisotopic (exact) mass is 269 g/mol. The number of rotatable bonds is 4.